The van der Waals surface area contributed by atoms with Crippen molar-refractivity contribution in [3.8, 4) is 0 Å². The van der Waals surface area contributed by atoms with E-state index in [1.165, 1.54) is 0 Å². The van der Waals surface area contributed by atoms with Crippen molar-refractivity contribution >= 4 is 6.09 Å². The maximum Gasteiger partial charge on any atom is 0.407 e. The Labute approximate surface area is 123 Å². The highest BCUT2D eigenvalue weighted by molar-refractivity contribution is 5.67. The van der Waals surface area contributed by atoms with E-state index in [0.717, 1.165) is 26.2 Å². The van der Waals surface area contributed by atoms with Crippen molar-refractivity contribution in [3.05, 3.63) is 0 Å². The van der Waals surface area contributed by atoms with Gasteiger partial charge in [-0.15, -0.1) is 0 Å². The largest absolute Gasteiger partial charge is 0.444 e. The van der Waals surface area contributed by atoms with Gasteiger partial charge in [-0.05, 0) is 46.6 Å². The molecule has 0 aliphatic heterocycles. The molecule has 20 heavy (non-hydrogen) atoms. The zero-order valence-corrected chi connectivity index (χ0v) is 13.9. The number of carbonyl (C=O) groups is 1. The van der Waals surface area contributed by atoms with Crippen LogP contribution in [0.4, 0.5) is 4.79 Å². The Morgan fingerprint density at radius 3 is 2.40 bits per heavy atom. The molecule has 0 aromatic rings. The van der Waals surface area contributed by atoms with Crippen LogP contribution in [0, 0.1) is 5.92 Å². The molecule has 0 bridgehead atoms. The van der Waals surface area contributed by atoms with Gasteiger partial charge in [0.1, 0.15) is 5.60 Å². The topological polar surface area (TPSA) is 59.6 Å². The molecule has 0 saturated heterocycles. The minimum atomic E-state index is -0.450. The molecule has 120 valence electrons. The van der Waals surface area contributed by atoms with Crippen LogP contribution in [0.5, 0.6) is 0 Å². The molecule has 0 rings (SSSR count). The Bertz CT molecular complexity index is 262. The van der Waals surface area contributed by atoms with Crippen LogP contribution in [0.1, 0.15) is 48.0 Å². The molecule has 1 amide bonds. The van der Waals surface area contributed by atoms with E-state index in [1.807, 2.05) is 27.7 Å². The monoisotopic (exact) mass is 288 g/mol. The Morgan fingerprint density at radius 1 is 1.20 bits per heavy atom. The number of hydrogen-bond donors (Lipinski definition) is 2. The number of ether oxygens (including phenoxy) is 2. The van der Waals surface area contributed by atoms with Crippen LogP contribution < -0.4 is 10.6 Å². The summed E-state index contributed by atoms with van der Waals surface area (Å²) in [6, 6.07) is 0.215. The summed E-state index contributed by atoms with van der Waals surface area (Å²) in [6.45, 7) is 14.9. The maximum absolute atomic E-state index is 11.5. The molecule has 5 heteroatoms. The summed E-state index contributed by atoms with van der Waals surface area (Å²) < 4.78 is 10.7. The van der Waals surface area contributed by atoms with Gasteiger partial charge in [0, 0.05) is 25.8 Å². The minimum Gasteiger partial charge on any atom is -0.444 e. The van der Waals surface area contributed by atoms with Crippen LogP contribution in [-0.4, -0.2) is 44.0 Å². The van der Waals surface area contributed by atoms with Crippen LogP contribution >= 0.6 is 0 Å². The second-order valence-corrected chi connectivity index (χ2v) is 6.56. The molecule has 1 unspecified atom stereocenters. The highest BCUT2D eigenvalue weighted by atomic mass is 16.6. The molecule has 0 aromatic carbocycles. The van der Waals surface area contributed by atoms with Gasteiger partial charge in [-0.2, -0.15) is 0 Å². The fraction of sp³-hybridized carbons (Fsp3) is 0.933. The van der Waals surface area contributed by atoms with Gasteiger partial charge in [-0.3, -0.25) is 0 Å². The smallest absolute Gasteiger partial charge is 0.407 e. The van der Waals surface area contributed by atoms with Gasteiger partial charge in [0.2, 0.25) is 0 Å². The predicted molar refractivity (Wildman–Crippen MR) is 82.0 cm³/mol. The predicted octanol–water partition coefficient (Wildman–Crippen LogP) is 2.55. The van der Waals surface area contributed by atoms with Crippen molar-refractivity contribution in [1.29, 1.82) is 0 Å². The van der Waals surface area contributed by atoms with E-state index in [1.54, 1.807) is 0 Å². The molecule has 1 atom stereocenters. The van der Waals surface area contributed by atoms with Crippen LogP contribution in [0.2, 0.25) is 0 Å². The molecule has 2 N–H and O–H groups in total. The van der Waals surface area contributed by atoms with Gasteiger partial charge in [-0.25, -0.2) is 4.79 Å². The SMILES string of the molecule is CC(C)COCCCNC(C)CNC(=O)OC(C)(C)C. The number of hydrogen-bond acceptors (Lipinski definition) is 4. The summed E-state index contributed by atoms with van der Waals surface area (Å²) in [6.07, 6.45) is 0.607. The first-order chi connectivity index (χ1) is 9.20. The summed E-state index contributed by atoms with van der Waals surface area (Å²) in [5, 5.41) is 6.09. The van der Waals surface area contributed by atoms with E-state index >= 15 is 0 Å². The third-order valence-electron chi connectivity index (χ3n) is 2.36. The third-order valence-corrected chi connectivity index (χ3v) is 2.36. The first kappa shape index (κ1) is 19.2. The minimum absolute atomic E-state index is 0.215. The summed E-state index contributed by atoms with van der Waals surface area (Å²) in [4.78, 5) is 11.5. The Balaban J connectivity index is 3.50. The average molecular weight is 288 g/mol. The first-order valence-corrected chi connectivity index (χ1v) is 7.48. The number of carbonyl (C=O) groups excluding carboxylic acids is 1. The maximum atomic E-state index is 11.5. The highest BCUT2D eigenvalue weighted by Crippen LogP contribution is 2.06. The van der Waals surface area contributed by atoms with Gasteiger partial charge in [0.15, 0.2) is 0 Å². The van der Waals surface area contributed by atoms with E-state index in [9.17, 15) is 4.79 Å². The zero-order chi connectivity index (χ0) is 15.6. The molecule has 5 nitrogen and oxygen atoms in total. The Hall–Kier alpha value is -0.810. The molecule has 0 spiro atoms. The highest BCUT2D eigenvalue weighted by Gasteiger charge is 2.16. The average Bonchev–Trinajstić information content (AvgIpc) is 2.28. The molecular weight excluding hydrogens is 256 g/mol. The third kappa shape index (κ3) is 13.6. The summed E-state index contributed by atoms with van der Waals surface area (Å²) in [7, 11) is 0. The van der Waals surface area contributed by atoms with E-state index in [0.29, 0.717) is 12.5 Å². The fourth-order valence-electron chi connectivity index (χ4n) is 1.46. The van der Waals surface area contributed by atoms with Gasteiger partial charge < -0.3 is 20.1 Å². The van der Waals surface area contributed by atoms with E-state index in [2.05, 4.69) is 24.5 Å². The molecular formula is C15H32N2O3. The molecule has 0 aliphatic rings. The molecule has 0 saturated carbocycles. The quantitative estimate of drug-likeness (QED) is 0.640. The number of rotatable bonds is 9. The van der Waals surface area contributed by atoms with Crippen molar-refractivity contribution in [3.63, 3.8) is 0 Å². The number of amides is 1. The fourth-order valence-corrected chi connectivity index (χ4v) is 1.46. The lowest BCUT2D eigenvalue weighted by Gasteiger charge is -2.21. The number of nitrogens with one attached hydrogen (secondary N) is 2. The van der Waals surface area contributed by atoms with Crippen molar-refractivity contribution in [2.24, 2.45) is 5.92 Å². The summed E-state index contributed by atoms with van der Waals surface area (Å²) in [5.74, 6) is 0.583. The van der Waals surface area contributed by atoms with E-state index in [-0.39, 0.29) is 12.1 Å². The second-order valence-electron chi connectivity index (χ2n) is 6.56. The van der Waals surface area contributed by atoms with Crippen LogP contribution in [-0.2, 0) is 9.47 Å². The molecule has 0 aliphatic carbocycles. The summed E-state index contributed by atoms with van der Waals surface area (Å²) in [5.41, 5.74) is -0.450. The number of alkyl carbamates (subject to hydrolysis) is 1. The normalized spacial score (nSPS) is 13.3. The van der Waals surface area contributed by atoms with E-state index in [4.69, 9.17) is 9.47 Å². The molecule has 0 radical (unpaired) electrons. The van der Waals surface area contributed by atoms with Gasteiger partial charge in [0.25, 0.3) is 0 Å². The lowest BCUT2D eigenvalue weighted by Crippen LogP contribution is -2.41. The van der Waals surface area contributed by atoms with Crippen LogP contribution in [0.3, 0.4) is 0 Å². The van der Waals surface area contributed by atoms with Crippen molar-refractivity contribution < 1.29 is 14.3 Å². The molecule has 0 heterocycles. The molecule has 0 fully saturated rings. The standard InChI is InChI=1S/C15H32N2O3/c1-12(2)11-19-9-7-8-16-13(3)10-17-14(18)20-15(4,5)6/h12-13,16H,7-11H2,1-6H3,(H,17,18). The van der Waals surface area contributed by atoms with Crippen molar-refractivity contribution in [2.75, 3.05) is 26.3 Å². The Kier molecular flexibility index (Phi) is 9.59. The van der Waals surface area contributed by atoms with Crippen LogP contribution in [0.15, 0.2) is 0 Å². The van der Waals surface area contributed by atoms with Crippen molar-refractivity contribution in [2.45, 2.75) is 59.6 Å². The van der Waals surface area contributed by atoms with Gasteiger partial charge in [0.05, 0.1) is 0 Å². The van der Waals surface area contributed by atoms with Gasteiger partial charge >= 0.3 is 6.09 Å². The first-order valence-electron chi connectivity index (χ1n) is 7.48. The Morgan fingerprint density at radius 2 is 1.85 bits per heavy atom. The van der Waals surface area contributed by atoms with Gasteiger partial charge in [-0.1, -0.05) is 13.8 Å². The van der Waals surface area contributed by atoms with Crippen LogP contribution in [0.25, 0.3) is 0 Å². The lowest BCUT2D eigenvalue weighted by atomic mass is 10.2. The second kappa shape index (κ2) is 10.00. The summed E-state index contributed by atoms with van der Waals surface area (Å²) >= 11 is 0. The molecule has 0 aromatic heterocycles. The lowest BCUT2D eigenvalue weighted by molar-refractivity contribution is 0.0523. The van der Waals surface area contributed by atoms with E-state index < -0.39 is 5.60 Å². The van der Waals surface area contributed by atoms with Crippen molar-refractivity contribution in [1.82, 2.24) is 10.6 Å². The zero-order valence-electron chi connectivity index (χ0n) is 13.9.